The predicted molar refractivity (Wildman–Crippen MR) is 129 cm³/mol. The first kappa shape index (κ1) is 22.8. The number of carbonyl (C=O) groups excluding carboxylic acids is 1. The van der Waals surface area contributed by atoms with E-state index in [2.05, 4.69) is 10.5 Å². The van der Waals surface area contributed by atoms with E-state index in [0.717, 1.165) is 34.0 Å². The lowest BCUT2D eigenvalue weighted by atomic mass is 10.2. The van der Waals surface area contributed by atoms with E-state index < -0.39 is 0 Å². The Hall–Kier alpha value is -1.92. The lowest BCUT2D eigenvalue weighted by Gasteiger charge is -2.12. The summed E-state index contributed by atoms with van der Waals surface area (Å²) in [5, 5.41) is 6.02. The van der Waals surface area contributed by atoms with Crippen LogP contribution in [0.5, 0.6) is 0 Å². The van der Waals surface area contributed by atoms with E-state index >= 15 is 0 Å². The second-order valence-electron chi connectivity index (χ2n) is 6.67. The van der Waals surface area contributed by atoms with Gasteiger partial charge in [0.1, 0.15) is 0 Å². The second kappa shape index (κ2) is 10.4. The smallest absolute Gasteiger partial charge is 0.250 e. The van der Waals surface area contributed by atoms with Crippen LogP contribution in [-0.2, 0) is 10.5 Å². The minimum absolute atomic E-state index is 0.156. The van der Waals surface area contributed by atoms with E-state index in [-0.39, 0.29) is 5.91 Å². The standard InChI is InChI=1S/C22H20Cl3N3OS/c1-14-9-17(15(2)28(14)21-10-19(24)7-8-20(21)25)11-26-27-22(29)13-30-12-16-3-5-18(23)6-4-16/h3-11H,12-13H2,1-2H3,(H,27,29)/b26-11-. The third-order valence-electron chi connectivity index (χ3n) is 4.43. The Labute approximate surface area is 195 Å². The van der Waals surface area contributed by atoms with Crippen LogP contribution < -0.4 is 5.43 Å². The van der Waals surface area contributed by atoms with Crippen molar-refractivity contribution >= 4 is 58.7 Å². The second-order valence-corrected chi connectivity index (χ2v) is 8.94. The third kappa shape index (κ3) is 5.82. The van der Waals surface area contributed by atoms with Crippen LogP contribution in [0.3, 0.4) is 0 Å². The number of nitrogens with zero attached hydrogens (tertiary/aromatic N) is 2. The summed E-state index contributed by atoms with van der Waals surface area (Å²) in [7, 11) is 0. The highest BCUT2D eigenvalue weighted by Gasteiger charge is 2.12. The number of hydrogen-bond donors (Lipinski definition) is 1. The van der Waals surface area contributed by atoms with Gasteiger partial charge in [-0.2, -0.15) is 5.10 Å². The summed E-state index contributed by atoms with van der Waals surface area (Å²) in [5.74, 6) is 0.893. The molecule has 4 nitrogen and oxygen atoms in total. The van der Waals surface area contributed by atoms with Gasteiger partial charge in [-0.3, -0.25) is 4.79 Å². The number of halogens is 3. The molecule has 0 spiro atoms. The van der Waals surface area contributed by atoms with Gasteiger partial charge in [0.15, 0.2) is 0 Å². The van der Waals surface area contributed by atoms with Gasteiger partial charge in [0.2, 0.25) is 5.91 Å². The fourth-order valence-corrected chi connectivity index (χ4v) is 4.27. The van der Waals surface area contributed by atoms with Crippen molar-refractivity contribution in [3.05, 3.63) is 86.1 Å². The number of hydrogen-bond acceptors (Lipinski definition) is 3. The fourth-order valence-electron chi connectivity index (χ4n) is 2.99. The van der Waals surface area contributed by atoms with Gasteiger partial charge < -0.3 is 4.57 Å². The van der Waals surface area contributed by atoms with Crippen molar-refractivity contribution in [2.75, 3.05) is 5.75 Å². The van der Waals surface area contributed by atoms with E-state index in [1.54, 1.807) is 18.3 Å². The number of hydrazone groups is 1. The lowest BCUT2D eigenvalue weighted by molar-refractivity contribution is -0.118. The summed E-state index contributed by atoms with van der Waals surface area (Å²) in [6, 6.07) is 14.9. The Morgan fingerprint density at radius 2 is 1.77 bits per heavy atom. The van der Waals surface area contributed by atoms with E-state index in [9.17, 15) is 4.79 Å². The summed E-state index contributed by atoms with van der Waals surface area (Å²) in [6.07, 6.45) is 1.64. The van der Waals surface area contributed by atoms with E-state index in [0.29, 0.717) is 20.8 Å². The maximum Gasteiger partial charge on any atom is 0.250 e. The lowest BCUT2D eigenvalue weighted by Crippen LogP contribution is -2.19. The predicted octanol–water partition coefficient (Wildman–Crippen LogP) is 6.44. The molecular formula is C22H20Cl3N3OS. The van der Waals surface area contributed by atoms with Crippen molar-refractivity contribution in [3.8, 4) is 5.69 Å². The van der Waals surface area contributed by atoms with Gasteiger partial charge in [-0.15, -0.1) is 11.8 Å². The fraction of sp³-hybridized carbons (Fsp3) is 0.182. The Morgan fingerprint density at radius 3 is 2.50 bits per heavy atom. The minimum atomic E-state index is -0.156. The molecule has 0 bridgehead atoms. The molecule has 2 aromatic carbocycles. The Bertz CT molecular complexity index is 1080. The van der Waals surface area contributed by atoms with Crippen LogP contribution in [0.4, 0.5) is 0 Å². The molecule has 1 heterocycles. The number of benzene rings is 2. The van der Waals surface area contributed by atoms with Crippen LogP contribution in [0.15, 0.2) is 53.6 Å². The van der Waals surface area contributed by atoms with Gasteiger partial charge in [0.05, 0.1) is 22.7 Å². The van der Waals surface area contributed by atoms with Crippen LogP contribution in [0.1, 0.15) is 22.5 Å². The molecule has 0 atom stereocenters. The summed E-state index contributed by atoms with van der Waals surface area (Å²) in [6.45, 7) is 3.95. The Balaban J connectivity index is 1.59. The molecule has 1 amide bonds. The van der Waals surface area contributed by atoms with Crippen molar-refractivity contribution in [2.45, 2.75) is 19.6 Å². The summed E-state index contributed by atoms with van der Waals surface area (Å²) < 4.78 is 2.01. The van der Waals surface area contributed by atoms with Crippen LogP contribution in [0.2, 0.25) is 15.1 Å². The molecule has 0 saturated carbocycles. The van der Waals surface area contributed by atoms with E-state index in [1.807, 2.05) is 54.8 Å². The number of thioether (sulfide) groups is 1. The summed E-state index contributed by atoms with van der Waals surface area (Å²) >= 11 is 19.9. The highest BCUT2D eigenvalue weighted by molar-refractivity contribution is 7.99. The highest BCUT2D eigenvalue weighted by atomic mass is 35.5. The molecule has 3 aromatic rings. The zero-order chi connectivity index (χ0) is 21.7. The molecule has 0 radical (unpaired) electrons. The minimum Gasteiger partial charge on any atom is -0.316 e. The van der Waals surface area contributed by atoms with Crippen LogP contribution in [-0.4, -0.2) is 22.4 Å². The zero-order valence-corrected chi connectivity index (χ0v) is 19.5. The molecule has 0 fully saturated rings. The zero-order valence-electron chi connectivity index (χ0n) is 16.5. The molecule has 0 aliphatic rings. The molecule has 1 N–H and O–H groups in total. The Morgan fingerprint density at radius 1 is 1.07 bits per heavy atom. The van der Waals surface area contributed by atoms with Gasteiger partial charge in [-0.25, -0.2) is 5.43 Å². The van der Waals surface area contributed by atoms with Gasteiger partial charge in [0, 0.05) is 32.7 Å². The molecule has 156 valence electrons. The normalized spacial score (nSPS) is 11.2. The molecule has 8 heteroatoms. The summed E-state index contributed by atoms with van der Waals surface area (Å²) in [4.78, 5) is 12.0. The van der Waals surface area contributed by atoms with Gasteiger partial charge in [-0.05, 0) is 55.8 Å². The van der Waals surface area contributed by atoms with Crippen molar-refractivity contribution in [1.29, 1.82) is 0 Å². The number of amides is 1. The average Bonchev–Trinajstić information content (AvgIpc) is 2.99. The topological polar surface area (TPSA) is 46.4 Å². The van der Waals surface area contributed by atoms with E-state index in [4.69, 9.17) is 34.8 Å². The average molecular weight is 481 g/mol. The first-order valence-electron chi connectivity index (χ1n) is 9.13. The molecule has 3 rings (SSSR count). The van der Waals surface area contributed by atoms with Crippen LogP contribution >= 0.6 is 46.6 Å². The number of nitrogens with one attached hydrogen (secondary N) is 1. The molecule has 1 aromatic heterocycles. The molecule has 0 saturated heterocycles. The first-order valence-corrected chi connectivity index (χ1v) is 11.4. The number of rotatable bonds is 7. The molecule has 30 heavy (non-hydrogen) atoms. The quantitative estimate of drug-likeness (QED) is 0.312. The third-order valence-corrected chi connectivity index (χ3v) is 6.24. The maximum atomic E-state index is 12.0. The molecule has 0 unspecified atom stereocenters. The van der Waals surface area contributed by atoms with Crippen molar-refractivity contribution in [3.63, 3.8) is 0 Å². The largest absolute Gasteiger partial charge is 0.316 e. The monoisotopic (exact) mass is 479 g/mol. The number of aromatic nitrogens is 1. The van der Waals surface area contributed by atoms with Crippen LogP contribution in [0.25, 0.3) is 5.69 Å². The molecular weight excluding hydrogens is 461 g/mol. The van der Waals surface area contributed by atoms with Crippen LogP contribution in [0, 0.1) is 13.8 Å². The number of aryl methyl sites for hydroxylation is 1. The molecule has 0 aliphatic carbocycles. The van der Waals surface area contributed by atoms with Crippen molar-refractivity contribution in [1.82, 2.24) is 9.99 Å². The van der Waals surface area contributed by atoms with Gasteiger partial charge in [0.25, 0.3) is 0 Å². The first-order chi connectivity index (χ1) is 14.3. The van der Waals surface area contributed by atoms with Crippen molar-refractivity contribution < 1.29 is 4.79 Å². The SMILES string of the molecule is Cc1cc(/C=N\NC(=O)CSCc2ccc(Cl)cc2)c(C)n1-c1cc(Cl)ccc1Cl. The highest BCUT2D eigenvalue weighted by Crippen LogP contribution is 2.28. The van der Waals surface area contributed by atoms with Crippen molar-refractivity contribution in [2.24, 2.45) is 5.10 Å². The van der Waals surface area contributed by atoms with Gasteiger partial charge in [-0.1, -0.05) is 46.9 Å². The maximum absolute atomic E-state index is 12.0. The number of carbonyl (C=O) groups is 1. The Kier molecular flexibility index (Phi) is 7.89. The molecule has 0 aliphatic heterocycles. The summed E-state index contributed by atoms with van der Waals surface area (Å²) in [5.41, 5.74) is 7.33. The van der Waals surface area contributed by atoms with E-state index in [1.165, 1.54) is 11.8 Å². The van der Waals surface area contributed by atoms with Gasteiger partial charge >= 0.3 is 0 Å².